The number of Topliss-reactive ketones (excluding diaryl/α,β-unsaturated/α-hetero) is 1. The number of ketones is 1. The van der Waals surface area contributed by atoms with Crippen LogP contribution >= 0.6 is 0 Å². The average molecular weight is 209 g/mol. The second kappa shape index (κ2) is 4.25. The highest BCUT2D eigenvalue weighted by Gasteiger charge is 2.38. The molecule has 1 saturated heterocycles. The number of rotatable bonds is 1. The Labute approximate surface area is 93.0 Å². The number of likely N-dealkylation sites (tertiary alicyclic amines) is 1. The number of hydrogen-bond donors (Lipinski definition) is 0. The maximum atomic E-state index is 11.4. The third-order valence-corrected chi connectivity index (χ3v) is 4.31. The summed E-state index contributed by atoms with van der Waals surface area (Å²) in [6.07, 6.45) is 8.34. The van der Waals surface area contributed by atoms with Gasteiger partial charge in [0, 0.05) is 31.0 Å². The number of nitrogens with zero attached hydrogens (tertiary/aromatic N) is 1. The molecule has 1 atom stereocenters. The molecule has 1 saturated carbocycles. The number of carbonyl (C=O) groups excluding carboxylic acids is 1. The fourth-order valence-electron chi connectivity index (χ4n) is 3.41. The number of hydrogen-bond acceptors (Lipinski definition) is 2. The standard InChI is InChI=1S/C13H23NO/c1-11-10-12(15)6-9-14(11)13(2)7-4-3-5-8-13/h11H,3-10H2,1-2H3. The molecule has 0 aromatic carbocycles. The molecule has 1 aliphatic carbocycles. The van der Waals surface area contributed by atoms with Crippen molar-refractivity contribution in [1.29, 1.82) is 0 Å². The molecule has 2 fully saturated rings. The average Bonchev–Trinajstić information content (AvgIpc) is 2.18. The fraction of sp³-hybridized carbons (Fsp3) is 0.923. The van der Waals surface area contributed by atoms with Crippen LogP contribution in [0.5, 0.6) is 0 Å². The fourth-order valence-corrected chi connectivity index (χ4v) is 3.41. The Hall–Kier alpha value is -0.370. The minimum Gasteiger partial charge on any atom is -0.300 e. The van der Waals surface area contributed by atoms with Gasteiger partial charge in [-0.05, 0) is 26.7 Å². The molecule has 2 heteroatoms. The van der Waals surface area contributed by atoms with Gasteiger partial charge in [-0.15, -0.1) is 0 Å². The molecule has 0 spiro atoms. The molecule has 0 aromatic rings. The van der Waals surface area contributed by atoms with Gasteiger partial charge < -0.3 is 0 Å². The maximum absolute atomic E-state index is 11.4. The van der Waals surface area contributed by atoms with E-state index in [9.17, 15) is 4.79 Å². The van der Waals surface area contributed by atoms with Gasteiger partial charge in [0.25, 0.3) is 0 Å². The van der Waals surface area contributed by atoms with Gasteiger partial charge in [0.1, 0.15) is 5.78 Å². The summed E-state index contributed by atoms with van der Waals surface area (Å²) in [5.74, 6) is 0.457. The first kappa shape index (κ1) is 11.1. The van der Waals surface area contributed by atoms with Crippen molar-refractivity contribution in [3.8, 4) is 0 Å². The second-order valence-corrected chi connectivity index (χ2v) is 5.59. The molecule has 1 aliphatic heterocycles. The zero-order chi connectivity index (χ0) is 10.9. The lowest BCUT2D eigenvalue weighted by molar-refractivity contribution is -0.125. The molecule has 0 bridgehead atoms. The Kier molecular flexibility index (Phi) is 3.15. The monoisotopic (exact) mass is 209 g/mol. The van der Waals surface area contributed by atoms with E-state index in [2.05, 4.69) is 18.7 Å². The number of piperidine rings is 1. The van der Waals surface area contributed by atoms with Crippen molar-refractivity contribution in [2.45, 2.75) is 70.4 Å². The molecule has 1 heterocycles. The van der Waals surface area contributed by atoms with Crippen LogP contribution in [-0.4, -0.2) is 28.8 Å². The van der Waals surface area contributed by atoms with Crippen molar-refractivity contribution >= 4 is 5.78 Å². The molecule has 0 aromatic heterocycles. The van der Waals surface area contributed by atoms with Crippen molar-refractivity contribution in [1.82, 2.24) is 4.90 Å². The lowest BCUT2D eigenvalue weighted by atomic mass is 9.79. The van der Waals surface area contributed by atoms with Gasteiger partial charge in [0.2, 0.25) is 0 Å². The van der Waals surface area contributed by atoms with Crippen LogP contribution in [0.2, 0.25) is 0 Å². The molecule has 15 heavy (non-hydrogen) atoms. The van der Waals surface area contributed by atoms with Gasteiger partial charge >= 0.3 is 0 Å². The Morgan fingerprint density at radius 1 is 1.27 bits per heavy atom. The van der Waals surface area contributed by atoms with E-state index < -0.39 is 0 Å². The summed E-state index contributed by atoms with van der Waals surface area (Å²) in [7, 11) is 0. The topological polar surface area (TPSA) is 20.3 Å². The summed E-state index contributed by atoms with van der Waals surface area (Å²) in [5.41, 5.74) is 0.387. The predicted octanol–water partition coefficient (Wildman–Crippen LogP) is 2.76. The normalized spacial score (nSPS) is 32.9. The highest BCUT2D eigenvalue weighted by molar-refractivity contribution is 5.79. The van der Waals surface area contributed by atoms with Crippen LogP contribution in [0.4, 0.5) is 0 Å². The molecule has 2 rings (SSSR count). The van der Waals surface area contributed by atoms with E-state index in [1.54, 1.807) is 0 Å². The van der Waals surface area contributed by atoms with Gasteiger partial charge in [0.15, 0.2) is 0 Å². The molecule has 0 amide bonds. The van der Waals surface area contributed by atoms with Crippen LogP contribution in [0, 0.1) is 0 Å². The summed E-state index contributed by atoms with van der Waals surface area (Å²) in [6, 6.07) is 0.467. The lowest BCUT2D eigenvalue weighted by Gasteiger charge is -2.49. The third-order valence-electron chi connectivity index (χ3n) is 4.31. The van der Waals surface area contributed by atoms with Crippen LogP contribution in [0.25, 0.3) is 0 Å². The zero-order valence-electron chi connectivity index (χ0n) is 10.1. The third kappa shape index (κ3) is 2.25. The molecule has 0 radical (unpaired) electrons. The molecule has 86 valence electrons. The largest absolute Gasteiger partial charge is 0.300 e. The first-order valence-corrected chi connectivity index (χ1v) is 6.40. The molecular weight excluding hydrogens is 186 g/mol. The minimum absolute atomic E-state index is 0.387. The quantitative estimate of drug-likeness (QED) is 0.662. The Balaban J connectivity index is 2.05. The van der Waals surface area contributed by atoms with Crippen LogP contribution in [0.3, 0.4) is 0 Å². The first-order valence-electron chi connectivity index (χ1n) is 6.40. The van der Waals surface area contributed by atoms with E-state index in [1.165, 1.54) is 32.1 Å². The summed E-state index contributed by atoms with van der Waals surface area (Å²) in [6.45, 7) is 5.62. The van der Waals surface area contributed by atoms with Gasteiger partial charge in [-0.3, -0.25) is 9.69 Å². The summed E-state index contributed by atoms with van der Waals surface area (Å²) < 4.78 is 0. The molecule has 1 unspecified atom stereocenters. The van der Waals surface area contributed by atoms with Crippen molar-refractivity contribution in [2.75, 3.05) is 6.54 Å². The molecule has 2 aliphatic rings. The van der Waals surface area contributed by atoms with Crippen molar-refractivity contribution in [3.63, 3.8) is 0 Å². The van der Waals surface area contributed by atoms with E-state index in [-0.39, 0.29) is 0 Å². The van der Waals surface area contributed by atoms with Gasteiger partial charge in [-0.1, -0.05) is 19.3 Å². The van der Waals surface area contributed by atoms with E-state index >= 15 is 0 Å². The van der Waals surface area contributed by atoms with Crippen LogP contribution in [-0.2, 0) is 4.79 Å². The van der Waals surface area contributed by atoms with Gasteiger partial charge in [0.05, 0.1) is 0 Å². The summed E-state index contributed by atoms with van der Waals surface area (Å²) in [5, 5.41) is 0. The smallest absolute Gasteiger partial charge is 0.135 e. The maximum Gasteiger partial charge on any atom is 0.135 e. The van der Waals surface area contributed by atoms with Crippen LogP contribution in [0.1, 0.15) is 58.8 Å². The highest BCUT2D eigenvalue weighted by atomic mass is 16.1. The second-order valence-electron chi connectivity index (χ2n) is 5.59. The first-order chi connectivity index (χ1) is 7.12. The van der Waals surface area contributed by atoms with E-state index in [4.69, 9.17) is 0 Å². The van der Waals surface area contributed by atoms with E-state index in [0.717, 1.165) is 19.4 Å². The molecular formula is C13H23NO. The van der Waals surface area contributed by atoms with Crippen molar-refractivity contribution in [2.24, 2.45) is 0 Å². The summed E-state index contributed by atoms with van der Waals surface area (Å²) in [4.78, 5) is 14.0. The lowest BCUT2D eigenvalue weighted by Crippen LogP contribution is -2.55. The SMILES string of the molecule is CC1CC(=O)CCN1C1(C)CCCCC1. The minimum atomic E-state index is 0.387. The summed E-state index contributed by atoms with van der Waals surface area (Å²) >= 11 is 0. The van der Waals surface area contributed by atoms with Crippen LogP contribution in [0.15, 0.2) is 0 Å². The Bertz CT molecular complexity index is 243. The van der Waals surface area contributed by atoms with E-state index in [1.807, 2.05) is 0 Å². The number of carbonyl (C=O) groups is 1. The Morgan fingerprint density at radius 3 is 2.53 bits per heavy atom. The van der Waals surface area contributed by atoms with E-state index in [0.29, 0.717) is 17.4 Å². The predicted molar refractivity (Wildman–Crippen MR) is 61.9 cm³/mol. The van der Waals surface area contributed by atoms with Crippen molar-refractivity contribution in [3.05, 3.63) is 0 Å². The highest BCUT2D eigenvalue weighted by Crippen LogP contribution is 2.36. The molecule has 2 nitrogen and oxygen atoms in total. The van der Waals surface area contributed by atoms with Gasteiger partial charge in [-0.2, -0.15) is 0 Å². The van der Waals surface area contributed by atoms with Gasteiger partial charge in [-0.25, -0.2) is 0 Å². The molecule has 0 N–H and O–H groups in total. The van der Waals surface area contributed by atoms with Crippen LogP contribution < -0.4 is 0 Å². The van der Waals surface area contributed by atoms with Crippen molar-refractivity contribution < 1.29 is 4.79 Å². The Morgan fingerprint density at radius 2 is 1.93 bits per heavy atom. The zero-order valence-corrected chi connectivity index (χ0v) is 10.1.